The Morgan fingerprint density at radius 1 is 1.50 bits per heavy atom. The lowest BCUT2D eigenvalue weighted by atomic mass is 10.0. The van der Waals surface area contributed by atoms with E-state index in [2.05, 4.69) is 21.2 Å². The lowest BCUT2D eigenvalue weighted by Gasteiger charge is -2.18. The molecule has 0 aliphatic carbocycles. The lowest BCUT2D eigenvalue weighted by Crippen LogP contribution is -2.36. The predicted octanol–water partition coefficient (Wildman–Crippen LogP) is 2.82. The van der Waals surface area contributed by atoms with Gasteiger partial charge in [0, 0.05) is 22.1 Å². The third-order valence-electron chi connectivity index (χ3n) is 2.09. The molecular weight excluding hydrogens is 268 g/mol. The Kier molecular flexibility index (Phi) is 4.10. The zero-order valence-corrected chi connectivity index (χ0v) is 11.4. The first kappa shape index (κ1) is 13.2. The summed E-state index contributed by atoms with van der Waals surface area (Å²) in [6.45, 7) is 5.62. The Bertz CT molecular complexity index is 396. The van der Waals surface area contributed by atoms with Gasteiger partial charge >= 0.3 is 0 Å². The molecule has 0 unspecified atom stereocenters. The van der Waals surface area contributed by atoms with E-state index in [4.69, 9.17) is 5.73 Å². The van der Waals surface area contributed by atoms with Gasteiger partial charge in [-0.1, -0.05) is 22.0 Å². The summed E-state index contributed by atoms with van der Waals surface area (Å²) in [5.41, 5.74) is 7.16. The molecule has 0 aliphatic rings. The first-order chi connectivity index (χ1) is 7.28. The van der Waals surface area contributed by atoms with Crippen LogP contribution >= 0.6 is 15.9 Å². The average Bonchev–Trinajstić information content (AvgIpc) is 2.08. The summed E-state index contributed by atoms with van der Waals surface area (Å²) >= 11 is 3.37. The van der Waals surface area contributed by atoms with Crippen LogP contribution in [0.25, 0.3) is 0 Å². The molecule has 0 radical (unpaired) electrons. The highest BCUT2D eigenvalue weighted by Gasteiger charge is 2.16. The van der Waals surface area contributed by atoms with Crippen LogP contribution in [0.1, 0.15) is 25.8 Å². The van der Waals surface area contributed by atoms with Gasteiger partial charge in [0.15, 0.2) is 0 Å². The van der Waals surface area contributed by atoms with Crippen molar-refractivity contribution in [2.24, 2.45) is 5.73 Å². The van der Waals surface area contributed by atoms with Gasteiger partial charge in [0.05, 0.1) is 0 Å². The van der Waals surface area contributed by atoms with Gasteiger partial charge in [-0.25, -0.2) is 0 Å². The summed E-state index contributed by atoms with van der Waals surface area (Å²) in [6.07, 6.45) is 0.305. The normalized spacial score (nSPS) is 11.3. The maximum atomic E-state index is 11.7. The number of amides is 1. The SMILES string of the molecule is Cc1ccc(Br)cc1NC(=O)CC(C)(C)N. The zero-order valence-electron chi connectivity index (χ0n) is 9.80. The summed E-state index contributed by atoms with van der Waals surface area (Å²) in [7, 11) is 0. The summed E-state index contributed by atoms with van der Waals surface area (Å²) in [5.74, 6) is -0.0614. The fourth-order valence-corrected chi connectivity index (χ4v) is 1.70. The van der Waals surface area contributed by atoms with Gasteiger partial charge in [0.25, 0.3) is 0 Å². The molecule has 0 bridgehead atoms. The van der Waals surface area contributed by atoms with Crippen molar-refractivity contribution in [3.05, 3.63) is 28.2 Å². The summed E-state index contributed by atoms with van der Waals surface area (Å²) in [5, 5.41) is 2.86. The Hall–Kier alpha value is -0.870. The van der Waals surface area contributed by atoms with E-state index < -0.39 is 5.54 Å². The van der Waals surface area contributed by atoms with E-state index in [1.54, 1.807) is 0 Å². The fourth-order valence-electron chi connectivity index (χ4n) is 1.34. The highest BCUT2D eigenvalue weighted by atomic mass is 79.9. The second kappa shape index (κ2) is 4.97. The second-order valence-electron chi connectivity index (χ2n) is 4.67. The molecule has 1 aromatic rings. The van der Waals surface area contributed by atoms with Crippen LogP contribution < -0.4 is 11.1 Å². The zero-order chi connectivity index (χ0) is 12.3. The van der Waals surface area contributed by atoms with Crippen molar-refractivity contribution in [3.63, 3.8) is 0 Å². The minimum atomic E-state index is -0.482. The van der Waals surface area contributed by atoms with E-state index >= 15 is 0 Å². The van der Waals surface area contributed by atoms with Gasteiger partial charge in [-0.05, 0) is 38.5 Å². The van der Waals surface area contributed by atoms with Crippen LogP contribution in [0.5, 0.6) is 0 Å². The van der Waals surface area contributed by atoms with Crippen LogP contribution in [0.3, 0.4) is 0 Å². The molecule has 0 spiro atoms. The summed E-state index contributed by atoms with van der Waals surface area (Å²) < 4.78 is 0.945. The topological polar surface area (TPSA) is 55.1 Å². The molecule has 1 amide bonds. The van der Waals surface area contributed by atoms with Gasteiger partial charge in [-0.3, -0.25) is 4.79 Å². The number of hydrogen-bond acceptors (Lipinski definition) is 2. The van der Waals surface area contributed by atoms with Crippen LogP contribution in [0.2, 0.25) is 0 Å². The highest BCUT2D eigenvalue weighted by Crippen LogP contribution is 2.21. The van der Waals surface area contributed by atoms with Gasteiger partial charge in [-0.15, -0.1) is 0 Å². The Morgan fingerprint density at radius 3 is 2.69 bits per heavy atom. The standard InChI is InChI=1S/C12H17BrN2O/c1-8-4-5-9(13)6-10(8)15-11(16)7-12(2,3)14/h4-6H,7,14H2,1-3H3,(H,15,16). The minimum absolute atomic E-state index is 0.0614. The van der Waals surface area contributed by atoms with E-state index in [1.807, 2.05) is 39.0 Å². The van der Waals surface area contributed by atoms with Crippen molar-refractivity contribution in [3.8, 4) is 0 Å². The van der Waals surface area contributed by atoms with Crippen LogP contribution in [0.15, 0.2) is 22.7 Å². The monoisotopic (exact) mass is 284 g/mol. The van der Waals surface area contributed by atoms with Crippen molar-refractivity contribution in [2.45, 2.75) is 32.7 Å². The van der Waals surface area contributed by atoms with E-state index in [0.29, 0.717) is 6.42 Å². The van der Waals surface area contributed by atoms with E-state index in [1.165, 1.54) is 0 Å². The van der Waals surface area contributed by atoms with Crippen molar-refractivity contribution in [1.82, 2.24) is 0 Å². The molecule has 0 aromatic heterocycles. The second-order valence-corrected chi connectivity index (χ2v) is 5.59. The molecule has 4 heteroatoms. The molecule has 0 saturated carbocycles. The van der Waals surface area contributed by atoms with Gasteiger partial charge in [0.2, 0.25) is 5.91 Å². The molecule has 0 atom stereocenters. The van der Waals surface area contributed by atoms with Crippen molar-refractivity contribution in [1.29, 1.82) is 0 Å². The molecule has 0 aliphatic heterocycles. The smallest absolute Gasteiger partial charge is 0.226 e. The Morgan fingerprint density at radius 2 is 2.12 bits per heavy atom. The van der Waals surface area contributed by atoms with Crippen molar-refractivity contribution < 1.29 is 4.79 Å². The average molecular weight is 285 g/mol. The van der Waals surface area contributed by atoms with Crippen LogP contribution in [-0.4, -0.2) is 11.4 Å². The maximum Gasteiger partial charge on any atom is 0.226 e. The third-order valence-corrected chi connectivity index (χ3v) is 2.58. The first-order valence-corrected chi connectivity index (χ1v) is 5.92. The minimum Gasteiger partial charge on any atom is -0.326 e. The lowest BCUT2D eigenvalue weighted by molar-refractivity contribution is -0.117. The molecule has 0 fully saturated rings. The maximum absolute atomic E-state index is 11.7. The van der Waals surface area contributed by atoms with Gasteiger partial charge in [0.1, 0.15) is 0 Å². The molecule has 3 N–H and O–H groups in total. The molecular formula is C12H17BrN2O. The number of carbonyl (C=O) groups is 1. The summed E-state index contributed by atoms with van der Waals surface area (Å²) in [4.78, 5) is 11.7. The van der Waals surface area contributed by atoms with Gasteiger partial charge in [-0.2, -0.15) is 0 Å². The molecule has 1 rings (SSSR count). The van der Waals surface area contributed by atoms with E-state index in [-0.39, 0.29) is 5.91 Å². The van der Waals surface area contributed by atoms with Crippen molar-refractivity contribution in [2.75, 3.05) is 5.32 Å². The fraction of sp³-hybridized carbons (Fsp3) is 0.417. The number of nitrogens with two attached hydrogens (primary N) is 1. The number of carbonyl (C=O) groups excluding carboxylic acids is 1. The van der Waals surface area contributed by atoms with E-state index in [9.17, 15) is 4.79 Å². The Labute approximate surface area is 105 Å². The molecule has 16 heavy (non-hydrogen) atoms. The molecule has 3 nitrogen and oxygen atoms in total. The molecule has 0 saturated heterocycles. The number of rotatable bonds is 3. The number of nitrogens with one attached hydrogen (secondary N) is 1. The van der Waals surface area contributed by atoms with Crippen LogP contribution in [0, 0.1) is 6.92 Å². The number of aryl methyl sites for hydroxylation is 1. The van der Waals surface area contributed by atoms with Crippen LogP contribution in [0.4, 0.5) is 5.69 Å². The predicted molar refractivity (Wildman–Crippen MR) is 70.4 cm³/mol. The molecule has 88 valence electrons. The van der Waals surface area contributed by atoms with Gasteiger partial charge < -0.3 is 11.1 Å². The summed E-state index contributed by atoms with van der Waals surface area (Å²) in [6, 6.07) is 5.78. The third kappa shape index (κ3) is 4.33. The number of benzene rings is 1. The van der Waals surface area contributed by atoms with Crippen LogP contribution in [-0.2, 0) is 4.79 Å². The van der Waals surface area contributed by atoms with E-state index in [0.717, 1.165) is 15.7 Å². The number of halogens is 1. The highest BCUT2D eigenvalue weighted by molar-refractivity contribution is 9.10. The number of anilines is 1. The Balaban J connectivity index is 2.73. The molecule has 1 aromatic carbocycles. The largest absolute Gasteiger partial charge is 0.326 e. The number of hydrogen-bond donors (Lipinski definition) is 2. The van der Waals surface area contributed by atoms with Crippen molar-refractivity contribution >= 4 is 27.5 Å². The molecule has 0 heterocycles. The quantitative estimate of drug-likeness (QED) is 0.897. The first-order valence-electron chi connectivity index (χ1n) is 5.13.